The van der Waals surface area contributed by atoms with Crippen LogP contribution in [0.15, 0.2) is 23.6 Å². The van der Waals surface area contributed by atoms with Crippen molar-refractivity contribution in [3.63, 3.8) is 0 Å². The van der Waals surface area contributed by atoms with E-state index in [1.54, 1.807) is 11.3 Å². The zero-order valence-corrected chi connectivity index (χ0v) is 10.2. The van der Waals surface area contributed by atoms with Gasteiger partial charge >= 0.3 is 0 Å². The van der Waals surface area contributed by atoms with Crippen LogP contribution in [0, 0.1) is 0 Å². The lowest BCUT2D eigenvalue weighted by molar-refractivity contribution is 0.582. The lowest BCUT2D eigenvalue weighted by atomic mass is 10.2. The van der Waals surface area contributed by atoms with E-state index >= 15 is 0 Å². The Labute approximate surface area is 94.8 Å². The van der Waals surface area contributed by atoms with Crippen LogP contribution in [0.2, 0.25) is 4.34 Å². The van der Waals surface area contributed by atoms with E-state index < -0.39 is 0 Å². The van der Waals surface area contributed by atoms with Crippen molar-refractivity contribution in [3.8, 4) is 0 Å². The van der Waals surface area contributed by atoms with Gasteiger partial charge in [0, 0.05) is 6.04 Å². The minimum absolute atomic E-state index is 0.393. The van der Waals surface area contributed by atoms with Gasteiger partial charge in [0.2, 0.25) is 0 Å². The molecule has 0 saturated carbocycles. The van der Waals surface area contributed by atoms with Gasteiger partial charge in [-0.1, -0.05) is 23.8 Å². The zero-order valence-electron chi connectivity index (χ0n) is 8.59. The lowest BCUT2D eigenvalue weighted by Gasteiger charge is -2.10. The number of halogens is 1. The lowest BCUT2D eigenvalue weighted by Crippen LogP contribution is -2.18. The zero-order chi connectivity index (χ0) is 10.4. The highest BCUT2D eigenvalue weighted by atomic mass is 35.5. The van der Waals surface area contributed by atoms with Crippen molar-refractivity contribution in [1.29, 1.82) is 0 Å². The van der Waals surface area contributed by atoms with Crippen molar-refractivity contribution in [2.45, 2.75) is 26.3 Å². The van der Waals surface area contributed by atoms with Crippen molar-refractivity contribution in [3.05, 3.63) is 33.5 Å². The second kappa shape index (κ2) is 6.23. The predicted octanol–water partition coefficient (Wildman–Crippen LogP) is 4.02. The second-order valence-corrected chi connectivity index (χ2v) is 4.76. The van der Waals surface area contributed by atoms with Crippen LogP contribution < -0.4 is 5.32 Å². The van der Waals surface area contributed by atoms with Gasteiger partial charge in [0.25, 0.3) is 0 Å². The van der Waals surface area contributed by atoms with E-state index in [9.17, 15) is 0 Å². The van der Waals surface area contributed by atoms with E-state index in [1.165, 1.54) is 5.56 Å². The molecule has 1 aromatic rings. The fraction of sp³-hybridized carbons (Fsp3) is 0.455. The molecule has 0 aromatic carbocycles. The topological polar surface area (TPSA) is 12.0 Å². The monoisotopic (exact) mass is 229 g/mol. The van der Waals surface area contributed by atoms with Crippen molar-refractivity contribution >= 4 is 22.9 Å². The average molecular weight is 230 g/mol. The molecule has 1 aromatic heterocycles. The standard InChI is InChI=1S/C11H16ClNS/c1-3-4-5-6-13-9(2)10-7-11(12)14-8-10/h3-4,7-9,13H,5-6H2,1-2H3/b4-3+. The maximum Gasteiger partial charge on any atom is 0.0931 e. The van der Waals surface area contributed by atoms with E-state index in [2.05, 4.69) is 29.8 Å². The first-order valence-corrected chi connectivity index (χ1v) is 6.08. The molecule has 1 N–H and O–H groups in total. The summed E-state index contributed by atoms with van der Waals surface area (Å²) in [5, 5.41) is 5.55. The van der Waals surface area contributed by atoms with Crippen molar-refractivity contribution in [2.75, 3.05) is 6.54 Å². The molecule has 1 heterocycles. The van der Waals surface area contributed by atoms with E-state index in [4.69, 9.17) is 11.6 Å². The second-order valence-electron chi connectivity index (χ2n) is 3.22. The maximum absolute atomic E-state index is 5.87. The summed E-state index contributed by atoms with van der Waals surface area (Å²) in [7, 11) is 0. The third-order valence-corrected chi connectivity index (χ3v) is 3.19. The first-order valence-electron chi connectivity index (χ1n) is 4.82. The quantitative estimate of drug-likeness (QED) is 0.594. The fourth-order valence-corrected chi connectivity index (χ4v) is 2.20. The number of hydrogen-bond acceptors (Lipinski definition) is 2. The van der Waals surface area contributed by atoms with Gasteiger partial charge in [-0.3, -0.25) is 0 Å². The largest absolute Gasteiger partial charge is 0.310 e. The van der Waals surface area contributed by atoms with Crippen molar-refractivity contribution in [1.82, 2.24) is 5.32 Å². The van der Waals surface area contributed by atoms with Gasteiger partial charge in [-0.2, -0.15) is 0 Å². The Balaban J connectivity index is 2.31. The van der Waals surface area contributed by atoms with E-state index in [1.807, 2.05) is 13.0 Å². The molecule has 3 heteroatoms. The van der Waals surface area contributed by atoms with Crippen molar-refractivity contribution < 1.29 is 0 Å². The smallest absolute Gasteiger partial charge is 0.0931 e. The molecule has 1 rings (SSSR count). The summed E-state index contributed by atoms with van der Waals surface area (Å²) < 4.78 is 0.863. The van der Waals surface area contributed by atoms with E-state index in [-0.39, 0.29) is 0 Å². The third kappa shape index (κ3) is 3.82. The molecule has 0 amide bonds. The van der Waals surface area contributed by atoms with Gasteiger partial charge in [-0.15, -0.1) is 11.3 Å². The van der Waals surface area contributed by atoms with E-state index in [0.29, 0.717) is 6.04 Å². The van der Waals surface area contributed by atoms with Crippen LogP contribution in [0.1, 0.15) is 31.9 Å². The Morgan fingerprint density at radius 3 is 3.00 bits per heavy atom. The van der Waals surface area contributed by atoms with Crippen molar-refractivity contribution in [2.24, 2.45) is 0 Å². The summed E-state index contributed by atoms with van der Waals surface area (Å²) in [6.45, 7) is 5.22. The molecule has 1 nitrogen and oxygen atoms in total. The number of rotatable bonds is 5. The van der Waals surface area contributed by atoms with Gasteiger partial charge in [0.15, 0.2) is 0 Å². The summed E-state index contributed by atoms with van der Waals surface area (Å²) in [6.07, 6.45) is 5.33. The SMILES string of the molecule is C/C=C/CCNC(C)c1csc(Cl)c1. The molecular formula is C11H16ClNS. The van der Waals surface area contributed by atoms with E-state index in [0.717, 1.165) is 17.3 Å². The summed E-state index contributed by atoms with van der Waals surface area (Å²) in [4.78, 5) is 0. The molecule has 0 fully saturated rings. The van der Waals surface area contributed by atoms with Crippen LogP contribution in [0.5, 0.6) is 0 Å². The molecule has 78 valence electrons. The molecule has 0 aliphatic rings. The minimum Gasteiger partial charge on any atom is -0.310 e. The molecule has 1 unspecified atom stereocenters. The molecule has 0 bridgehead atoms. The molecule has 0 saturated heterocycles. The highest BCUT2D eigenvalue weighted by Crippen LogP contribution is 2.24. The first kappa shape index (κ1) is 11.8. The Morgan fingerprint density at radius 1 is 1.64 bits per heavy atom. The Kier molecular flexibility index (Phi) is 5.23. The first-order chi connectivity index (χ1) is 6.74. The Morgan fingerprint density at radius 2 is 2.43 bits per heavy atom. The highest BCUT2D eigenvalue weighted by molar-refractivity contribution is 7.14. The molecule has 14 heavy (non-hydrogen) atoms. The summed E-state index contributed by atoms with van der Waals surface area (Å²) in [6, 6.07) is 2.42. The highest BCUT2D eigenvalue weighted by Gasteiger charge is 2.05. The molecule has 0 aliphatic carbocycles. The van der Waals surface area contributed by atoms with Gasteiger partial charge < -0.3 is 5.32 Å². The van der Waals surface area contributed by atoms with Crippen LogP contribution in [0.4, 0.5) is 0 Å². The summed E-state index contributed by atoms with van der Waals surface area (Å²) in [5.41, 5.74) is 1.28. The number of thiophene rings is 1. The molecule has 0 spiro atoms. The fourth-order valence-electron chi connectivity index (χ4n) is 1.22. The molecule has 1 atom stereocenters. The average Bonchev–Trinajstić information content (AvgIpc) is 2.59. The van der Waals surface area contributed by atoms with Gasteiger partial charge in [-0.05, 0) is 43.8 Å². The van der Waals surface area contributed by atoms with Crippen LogP contribution in [0.3, 0.4) is 0 Å². The molecule has 0 radical (unpaired) electrons. The van der Waals surface area contributed by atoms with Gasteiger partial charge in [0.1, 0.15) is 0 Å². The molecular weight excluding hydrogens is 214 g/mol. The van der Waals surface area contributed by atoms with Crippen LogP contribution in [0.25, 0.3) is 0 Å². The van der Waals surface area contributed by atoms with Crippen LogP contribution in [-0.2, 0) is 0 Å². The van der Waals surface area contributed by atoms with Gasteiger partial charge in [-0.25, -0.2) is 0 Å². The maximum atomic E-state index is 5.87. The Bertz CT molecular complexity index is 293. The minimum atomic E-state index is 0.393. The summed E-state index contributed by atoms with van der Waals surface area (Å²) in [5.74, 6) is 0. The number of hydrogen-bond donors (Lipinski definition) is 1. The van der Waals surface area contributed by atoms with Gasteiger partial charge in [0.05, 0.1) is 4.34 Å². The third-order valence-electron chi connectivity index (χ3n) is 2.08. The molecule has 0 aliphatic heterocycles. The predicted molar refractivity (Wildman–Crippen MR) is 65.2 cm³/mol. The number of allylic oxidation sites excluding steroid dienone is 1. The van der Waals surface area contributed by atoms with Crippen LogP contribution in [-0.4, -0.2) is 6.54 Å². The number of nitrogens with one attached hydrogen (secondary N) is 1. The summed E-state index contributed by atoms with van der Waals surface area (Å²) >= 11 is 7.46. The van der Waals surface area contributed by atoms with Crippen LogP contribution >= 0.6 is 22.9 Å². The Hall–Kier alpha value is -0.310. The normalized spacial score (nSPS) is 13.6.